The van der Waals surface area contributed by atoms with Gasteiger partial charge in [-0.25, -0.2) is 0 Å². The van der Waals surface area contributed by atoms with Crippen LogP contribution < -0.4 is 16.2 Å². The molecule has 26 heavy (non-hydrogen) atoms. The van der Waals surface area contributed by atoms with Gasteiger partial charge in [-0.15, -0.1) is 5.10 Å². The summed E-state index contributed by atoms with van der Waals surface area (Å²) in [6.07, 6.45) is 0. The number of hydrogen-bond donors (Lipinski definition) is 2. The fourth-order valence-electron chi connectivity index (χ4n) is 2.45. The monoisotopic (exact) mass is 351 g/mol. The molecule has 132 valence electrons. The molecule has 0 fully saturated rings. The van der Waals surface area contributed by atoms with Gasteiger partial charge in [0.25, 0.3) is 5.56 Å². The number of aromatic nitrogens is 3. The van der Waals surface area contributed by atoms with Crippen molar-refractivity contribution in [1.82, 2.24) is 15.0 Å². The molecule has 3 rings (SSSR count). The van der Waals surface area contributed by atoms with Crippen LogP contribution in [0.2, 0.25) is 0 Å². The third-order valence-electron chi connectivity index (χ3n) is 3.81. The molecule has 0 unspecified atom stereocenters. The van der Waals surface area contributed by atoms with Crippen molar-refractivity contribution in [2.24, 2.45) is 0 Å². The van der Waals surface area contributed by atoms with E-state index in [9.17, 15) is 14.4 Å². The maximum Gasteiger partial charge on any atom is 0.278 e. The second kappa shape index (κ2) is 7.14. The number of carbonyl (C=O) groups excluding carboxylic acids is 2. The molecule has 2 amide bonds. The van der Waals surface area contributed by atoms with Crippen molar-refractivity contribution in [1.29, 1.82) is 0 Å². The molecule has 8 nitrogen and oxygen atoms in total. The van der Waals surface area contributed by atoms with Crippen molar-refractivity contribution >= 4 is 34.1 Å². The van der Waals surface area contributed by atoms with Gasteiger partial charge >= 0.3 is 0 Å². The summed E-state index contributed by atoms with van der Waals surface area (Å²) in [6.45, 7) is 2.99. The SMILES string of the molecule is CC(=O)Nc1ccc(NC(=O)[C@H](C)n2nnc3ccccc3c2=O)cc1. The number of fused-ring (bicyclic) bond motifs is 1. The van der Waals surface area contributed by atoms with Crippen LogP contribution in [0.5, 0.6) is 0 Å². The normalized spacial score (nSPS) is 11.8. The van der Waals surface area contributed by atoms with Crippen LogP contribution in [0.25, 0.3) is 10.9 Å². The average Bonchev–Trinajstić information content (AvgIpc) is 2.63. The molecule has 8 heteroatoms. The Morgan fingerprint density at radius 3 is 2.27 bits per heavy atom. The maximum atomic E-state index is 12.5. The van der Waals surface area contributed by atoms with Crippen molar-refractivity contribution in [3.63, 3.8) is 0 Å². The summed E-state index contributed by atoms with van der Waals surface area (Å²) >= 11 is 0. The lowest BCUT2D eigenvalue weighted by atomic mass is 10.2. The van der Waals surface area contributed by atoms with Gasteiger partial charge in [0.2, 0.25) is 11.8 Å². The van der Waals surface area contributed by atoms with Crippen LogP contribution in [0, 0.1) is 0 Å². The highest BCUT2D eigenvalue weighted by molar-refractivity contribution is 5.94. The second-order valence-corrected chi connectivity index (χ2v) is 5.78. The molecule has 0 saturated heterocycles. The van der Waals surface area contributed by atoms with Crippen LogP contribution in [0.1, 0.15) is 19.9 Å². The van der Waals surface area contributed by atoms with Gasteiger partial charge in [-0.1, -0.05) is 17.3 Å². The number of nitrogens with one attached hydrogen (secondary N) is 2. The summed E-state index contributed by atoms with van der Waals surface area (Å²) in [7, 11) is 0. The first kappa shape index (κ1) is 17.3. The maximum absolute atomic E-state index is 12.5. The minimum atomic E-state index is -0.838. The molecule has 2 aromatic carbocycles. The van der Waals surface area contributed by atoms with E-state index in [1.54, 1.807) is 55.5 Å². The third-order valence-corrected chi connectivity index (χ3v) is 3.81. The van der Waals surface area contributed by atoms with Crippen LogP contribution in [0.4, 0.5) is 11.4 Å². The molecular weight excluding hydrogens is 334 g/mol. The fourth-order valence-corrected chi connectivity index (χ4v) is 2.45. The van der Waals surface area contributed by atoms with E-state index < -0.39 is 11.9 Å². The summed E-state index contributed by atoms with van der Waals surface area (Å²) < 4.78 is 1.06. The lowest BCUT2D eigenvalue weighted by Gasteiger charge is -2.14. The molecule has 0 spiro atoms. The Bertz CT molecular complexity index is 1030. The Balaban J connectivity index is 1.79. The largest absolute Gasteiger partial charge is 0.326 e. The fraction of sp³-hybridized carbons (Fsp3) is 0.167. The van der Waals surface area contributed by atoms with Crippen molar-refractivity contribution in [2.45, 2.75) is 19.9 Å². The second-order valence-electron chi connectivity index (χ2n) is 5.78. The molecule has 1 atom stereocenters. The van der Waals surface area contributed by atoms with E-state index in [1.165, 1.54) is 6.92 Å². The van der Waals surface area contributed by atoms with Gasteiger partial charge in [-0.05, 0) is 43.3 Å². The van der Waals surface area contributed by atoms with Crippen LogP contribution in [0.15, 0.2) is 53.3 Å². The first-order valence-corrected chi connectivity index (χ1v) is 7.98. The smallest absolute Gasteiger partial charge is 0.278 e. The van der Waals surface area contributed by atoms with Crippen molar-refractivity contribution < 1.29 is 9.59 Å². The van der Waals surface area contributed by atoms with Crippen LogP contribution >= 0.6 is 0 Å². The minimum Gasteiger partial charge on any atom is -0.326 e. The van der Waals surface area contributed by atoms with Gasteiger partial charge in [-0.3, -0.25) is 14.4 Å². The lowest BCUT2D eigenvalue weighted by molar-refractivity contribution is -0.119. The van der Waals surface area contributed by atoms with Gasteiger partial charge in [-0.2, -0.15) is 4.68 Å². The number of amides is 2. The van der Waals surface area contributed by atoms with Crippen LogP contribution in [0.3, 0.4) is 0 Å². The van der Waals surface area contributed by atoms with Crippen molar-refractivity contribution in [2.75, 3.05) is 10.6 Å². The van der Waals surface area contributed by atoms with Gasteiger partial charge in [0.05, 0.1) is 5.39 Å². The first-order chi connectivity index (χ1) is 12.5. The summed E-state index contributed by atoms with van der Waals surface area (Å²) in [5.74, 6) is -0.575. The molecule has 0 aliphatic rings. The van der Waals surface area contributed by atoms with Crippen LogP contribution in [-0.2, 0) is 9.59 Å². The number of nitrogens with zero attached hydrogens (tertiary/aromatic N) is 3. The van der Waals surface area contributed by atoms with E-state index in [1.807, 2.05) is 0 Å². The number of anilines is 2. The molecule has 0 bridgehead atoms. The van der Waals surface area contributed by atoms with E-state index in [-0.39, 0.29) is 11.5 Å². The Hall–Kier alpha value is -3.55. The average molecular weight is 351 g/mol. The van der Waals surface area contributed by atoms with E-state index >= 15 is 0 Å². The van der Waals surface area contributed by atoms with Gasteiger partial charge in [0.15, 0.2) is 0 Å². The Morgan fingerprint density at radius 2 is 1.62 bits per heavy atom. The zero-order valence-corrected chi connectivity index (χ0v) is 14.3. The van der Waals surface area contributed by atoms with E-state index in [4.69, 9.17) is 0 Å². The summed E-state index contributed by atoms with van der Waals surface area (Å²) in [5, 5.41) is 13.6. The Labute approximate surface area is 148 Å². The highest BCUT2D eigenvalue weighted by atomic mass is 16.2. The third kappa shape index (κ3) is 3.59. The number of carbonyl (C=O) groups is 2. The van der Waals surface area contributed by atoms with Gasteiger partial charge in [0, 0.05) is 18.3 Å². The van der Waals surface area contributed by atoms with Gasteiger partial charge < -0.3 is 10.6 Å². The highest BCUT2D eigenvalue weighted by Gasteiger charge is 2.19. The number of rotatable bonds is 4. The standard InChI is InChI=1S/C18H17N5O3/c1-11(23-18(26)15-5-3-4-6-16(15)21-22-23)17(25)20-14-9-7-13(8-10-14)19-12(2)24/h3-11H,1-2H3,(H,19,24)(H,20,25)/t11-/m0/s1. The van der Waals surface area contributed by atoms with Crippen LogP contribution in [-0.4, -0.2) is 26.8 Å². The zero-order chi connectivity index (χ0) is 18.7. The topological polar surface area (TPSA) is 106 Å². The van der Waals surface area contributed by atoms with Gasteiger partial charge in [0.1, 0.15) is 11.6 Å². The predicted octanol–water partition coefficient (Wildman–Crippen LogP) is 1.95. The molecule has 0 aliphatic heterocycles. The predicted molar refractivity (Wildman–Crippen MR) is 97.9 cm³/mol. The molecule has 2 N–H and O–H groups in total. The lowest BCUT2D eigenvalue weighted by Crippen LogP contribution is -2.34. The molecule has 1 heterocycles. The summed E-state index contributed by atoms with van der Waals surface area (Å²) in [5.41, 5.74) is 1.27. The quantitative estimate of drug-likeness (QED) is 0.747. The van der Waals surface area contributed by atoms with E-state index in [0.717, 1.165) is 4.68 Å². The molecule has 3 aromatic rings. The summed E-state index contributed by atoms with van der Waals surface area (Å²) in [6, 6.07) is 12.7. The molecule has 0 aliphatic carbocycles. The Kier molecular flexibility index (Phi) is 4.74. The number of benzene rings is 2. The zero-order valence-electron chi connectivity index (χ0n) is 14.3. The molecular formula is C18H17N5O3. The van der Waals surface area contributed by atoms with E-state index in [2.05, 4.69) is 20.9 Å². The summed E-state index contributed by atoms with van der Waals surface area (Å²) in [4.78, 5) is 36.0. The van der Waals surface area contributed by atoms with Crippen molar-refractivity contribution in [3.8, 4) is 0 Å². The van der Waals surface area contributed by atoms with E-state index in [0.29, 0.717) is 22.3 Å². The molecule has 1 aromatic heterocycles. The van der Waals surface area contributed by atoms with Crippen molar-refractivity contribution in [3.05, 3.63) is 58.9 Å². The Morgan fingerprint density at radius 1 is 1.00 bits per heavy atom. The highest BCUT2D eigenvalue weighted by Crippen LogP contribution is 2.15. The molecule has 0 saturated carbocycles. The first-order valence-electron chi connectivity index (χ1n) is 7.98. The minimum absolute atomic E-state index is 0.176. The molecule has 0 radical (unpaired) electrons. The number of hydrogen-bond acceptors (Lipinski definition) is 5.